The molecule has 1 heterocycles. The van der Waals surface area contributed by atoms with Crippen molar-refractivity contribution in [3.63, 3.8) is 0 Å². The molecule has 3 rings (SSSR count). The van der Waals surface area contributed by atoms with Crippen LogP contribution in [-0.4, -0.2) is 53.7 Å². The highest BCUT2D eigenvalue weighted by molar-refractivity contribution is 6.03. The lowest BCUT2D eigenvalue weighted by Gasteiger charge is -2.20. The molecule has 29 heavy (non-hydrogen) atoms. The number of benzene rings is 2. The quantitative estimate of drug-likeness (QED) is 0.722. The van der Waals surface area contributed by atoms with Crippen LogP contribution in [0.5, 0.6) is 0 Å². The monoisotopic (exact) mass is 398 g/mol. The van der Waals surface area contributed by atoms with E-state index in [1.807, 2.05) is 0 Å². The zero-order valence-electron chi connectivity index (χ0n) is 15.6. The average molecular weight is 398 g/mol. The van der Waals surface area contributed by atoms with Crippen molar-refractivity contribution in [1.82, 2.24) is 15.1 Å². The van der Waals surface area contributed by atoms with Crippen molar-refractivity contribution in [2.45, 2.75) is 6.54 Å². The van der Waals surface area contributed by atoms with E-state index in [-0.39, 0.29) is 31.1 Å². The van der Waals surface area contributed by atoms with Gasteiger partial charge in [0.25, 0.3) is 5.91 Å². The van der Waals surface area contributed by atoms with Crippen molar-refractivity contribution in [2.24, 2.45) is 0 Å². The Labute approximate surface area is 166 Å². The van der Waals surface area contributed by atoms with Crippen LogP contribution in [0.25, 0.3) is 0 Å². The molecular weight excluding hydrogens is 379 g/mol. The maximum absolute atomic E-state index is 12.9. The molecule has 0 radical (unpaired) electrons. The van der Waals surface area contributed by atoms with Gasteiger partial charge in [0.1, 0.15) is 5.82 Å². The normalized spacial score (nSPS) is 13.2. The van der Waals surface area contributed by atoms with Crippen molar-refractivity contribution < 1.29 is 23.6 Å². The van der Waals surface area contributed by atoms with Crippen LogP contribution in [-0.2, 0) is 16.1 Å². The van der Waals surface area contributed by atoms with Gasteiger partial charge >= 0.3 is 6.03 Å². The number of likely N-dealkylation sites (N-methyl/N-ethyl adjacent to an activating group) is 1. The molecular formula is C20H19FN4O4. The topological polar surface area (TPSA) is 98.8 Å². The van der Waals surface area contributed by atoms with Crippen LogP contribution >= 0.6 is 0 Å². The average Bonchev–Trinajstić information content (AvgIpc) is 3.01. The third-order valence-electron chi connectivity index (χ3n) is 4.37. The van der Waals surface area contributed by atoms with Gasteiger partial charge in [-0.05, 0) is 35.9 Å². The molecule has 0 aromatic heterocycles. The molecule has 0 spiro atoms. The molecule has 9 heteroatoms. The van der Waals surface area contributed by atoms with Crippen molar-refractivity contribution in [3.8, 4) is 0 Å². The van der Waals surface area contributed by atoms with E-state index in [0.29, 0.717) is 11.3 Å². The lowest BCUT2D eigenvalue weighted by Crippen LogP contribution is -2.36. The highest BCUT2D eigenvalue weighted by Crippen LogP contribution is 2.16. The number of nitrogens with one attached hydrogen (secondary N) is 2. The van der Waals surface area contributed by atoms with Crippen LogP contribution in [0.3, 0.4) is 0 Å². The number of nitrogens with zero attached hydrogens (tertiary/aromatic N) is 2. The summed E-state index contributed by atoms with van der Waals surface area (Å²) in [5.41, 5.74) is 1.20. The van der Waals surface area contributed by atoms with Gasteiger partial charge in [0.05, 0.1) is 19.6 Å². The first-order valence-corrected chi connectivity index (χ1v) is 8.82. The number of carbonyl (C=O) groups excluding carboxylic acids is 4. The Hall–Kier alpha value is -3.75. The zero-order chi connectivity index (χ0) is 21.0. The minimum absolute atomic E-state index is 0.0395. The number of rotatable bonds is 6. The van der Waals surface area contributed by atoms with Crippen LogP contribution in [0, 0.1) is 5.82 Å². The Morgan fingerprint density at radius 1 is 1.14 bits per heavy atom. The molecule has 5 amide bonds. The van der Waals surface area contributed by atoms with Crippen LogP contribution in [0.4, 0.5) is 14.9 Å². The van der Waals surface area contributed by atoms with E-state index in [0.717, 1.165) is 4.90 Å². The second kappa shape index (κ2) is 8.51. The number of carbonyl (C=O) groups is 4. The molecule has 0 bridgehead atoms. The fraction of sp³-hybridized carbons (Fsp3) is 0.200. The van der Waals surface area contributed by atoms with Crippen molar-refractivity contribution >= 4 is 29.4 Å². The summed E-state index contributed by atoms with van der Waals surface area (Å²) >= 11 is 0. The standard InChI is InChI=1S/C20H19FN4O4/c1-24(12-17(26)23-15-8-6-14(21)7-9-15)19(28)16-5-3-2-4-13(16)11-25-18(27)10-22-20(25)29/h2-9H,10-12H2,1H3,(H,22,29)(H,23,26). The highest BCUT2D eigenvalue weighted by atomic mass is 19.1. The first-order chi connectivity index (χ1) is 13.8. The summed E-state index contributed by atoms with van der Waals surface area (Å²) in [5, 5.41) is 5.02. The smallest absolute Gasteiger partial charge is 0.324 e. The Morgan fingerprint density at radius 2 is 1.83 bits per heavy atom. The molecule has 0 atom stereocenters. The van der Waals surface area contributed by atoms with Crippen molar-refractivity contribution in [3.05, 3.63) is 65.5 Å². The number of hydrogen-bond donors (Lipinski definition) is 2. The second-order valence-electron chi connectivity index (χ2n) is 6.51. The second-order valence-corrected chi connectivity index (χ2v) is 6.51. The Morgan fingerprint density at radius 3 is 2.48 bits per heavy atom. The minimum Gasteiger partial charge on any atom is -0.332 e. The summed E-state index contributed by atoms with van der Waals surface area (Å²) < 4.78 is 12.9. The molecule has 1 fully saturated rings. The number of hydrogen-bond acceptors (Lipinski definition) is 4. The van der Waals surface area contributed by atoms with Gasteiger partial charge in [-0.15, -0.1) is 0 Å². The molecule has 2 N–H and O–H groups in total. The molecule has 1 aliphatic heterocycles. The van der Waals surface area contributed by atoms with E-state index >= 15 is 0 Å². The van der Waals surface area contributed by atoms with Crippen molar-refractivity contribution in [1.29, 1.82) is 0 Å². The largest absolute Gasteiger partial charge is 0.332 e. The maximum Gasteiger partial charge on any atom is 0.324 e. The van der Waals surface area contributed by atoms with Gasteiger partial charge in [0.2, 0.25) is 11.8 Å². The Bertz CT molecular complexity index is 945. The molecule has 8 nitrogen and oxygen atoms in total. The number of anilines is 1. The van der Waals surface area contributed by atoms with Crippen LogP contribution in [0.15, 0.2) is 48.5 Å². The fourth-order valence-electron chi connectivity index (χ4n) is 2.88. The summed E-state index contributed by atoms with van der Waals surface area (Å²) in [7, 11) is 1.47. The lowest BCUT2D eigenvalue weighted by molar-refractivity contribution is -0.125. The number of imide groups is 1. The Kier molecular flexibility index (Phi) is 5.87. The molecule has 2 aromatic carbocycles. The van der Waals surface area contributed by atoms with Gasteiger partial charge in [-0.2, -0.15) is 0 Å². The van der Waals surface area contributed by atoms with Gasteiger partial charge in [-0.1, -0.05) is 18.2 Å². The maximum atomic E-state index is 12.9. The van der Waals surface area contributed by atoms with Gasteiger partial charge in [-0.3, -0.25) is 19.3 Å². The highest BCUT2D eigenvalue weighted by Gasteiger charge is 2.29. The Balaban J connectivity index is 1.67. The summed E-state index contributed by atoms with van der Waals surface area (Å²) in [6, 6.07) is 11.4. The van der Waals surface area contributed by atoms with Crippen LogP contribution in [0.2, 0.25) is 0 Å². The SMILES string of the molecule is CN(CC(=O)Nc1ccc(F)cc1)C(=O)c1ccccc1CN1C(=O)CNC1=O. The molecule has 150 valence electrons. The van der Waals surface area contributed by atoms with Gasteiger partial charge < -0.3 is 15.5 Å². The van der Waals surface area contributed by atoms with Crippen LogP contribution < -0.4 is 10.6 Å². The summed E-state index contributed by atoms with van der Waals surface area (Å²) in [6.45, 7) is -0.339. The minimum atomic E-state index is -0.510. The van der Waals surface area contributed by atoms with E-state index in [1.165, 1.54) is 36.2 Å². The van der Waals surface area contributed by atoms with E-state index in [9.17, 15) is 23.6 Å². The summed E-state index contributed by atoms with van der Waals surface area (Å²) in [4.78, 5) is 50.9. The molecule has 1 saturated heterocycles. The van der Waals surface area contributed by atoms with E-state index in [4.69, 9.17) is 0 Å². The first-order valence-electron chi connectivity index (χ1n) is 8.82. The molecule has 0 aliphatic carbocycles. The van der Waals surface area contributed by atoms with E-state index < -0.39 is 23.7 Å². The van der Waals surface area contributed by atoms with Gasteiger partial charge in [-0.25, -0.2) is 9.18 Å². The van der Waals surface area contributed by atoms with Crippen molar-refractivity contribution in [2.75, 3.05) is 25.5 Å². The van der Waals surface area contributed by atoms with Gasteiger partial charge in [0, 0.05) is 18.3 Å². The summed E-state index contributed by atoms with van der Waals surface area (Å²) in [6.07, 6.45) is 0. The molecule has 0 unspecified atom stereocenters. The lowest BCUT2D eigenvalue weighted by atomic mass is 10.1. The molecule has 0 saturated carbocycles. The first kappa shape index (κ1) is 20.0. The van der Waals surface area contributed by atoms with Crippen LogP contribution in [0.1, 0.15) is 15.9 Å². The summed E-state index contributed by atoms with van der Waals surface area (Å²) in [5.74, 6) is -1.66. The fourth-order valence-corrected chi connectivity index (χ4v) is 2.88. The predicted molar refractivity (Wildman–Crippen MR) is 102 cm³/mol. The van der Waals surface area contributed by atoms with E-state index in [2.05, 4.69) is 10.6 Å². The predicted octanol–water partition coefficient (Wildman–Crippen LogP) is 1.59. The molecule has 1 aliphatic rings. The number of urea groups is 1. The number of amides is 5. The zero-order valence-corrected chi connectivity index (χ0v) is 15.6. The molecule has 2 aromatic rings. The third kappa shape index (κ3) is 4.75. The number of halogens is 1. The van der Waals surface area contributed by atoms with E-state index in [1.54, 1.807) is 24.3 Å². The van der Waals surface area contributed by atoms with Gasteiger partial charge in [0.15, 0.2) is 0 Å². The third-order valence-corrected chi connectivity index (χ3v) is 4.37.